The van der Waals surface area contributed by atoms with Gasteiger partial charge in [0.05, 0.1) is 12.6 Å². The van der Waals surface area contributed by atoms with E-state index in [2.05, 4.69) is 104 Å². The number of carbonyl (C=O) groups excluding carboxylic acids is 1. The number of fused-ring (bicyclic) bond motifs is 1. The molecule has 41 heavy (non-hydrogen) atoms. The summed E-state index contributed by atoms with van der Waals surface area (Å²) >= 11 is 0. The quantitative estimate of drug-likeness (QED) is 0.215. The van der Waals surface area contributed by atoms with Gasteiger partial charge in [-0.25, -0.2) is 4.85 Å². The highest BCUT2D eigenvalue weighted by Crippen LogP contribution is 2.32. The van der Waals surface area contributed by atoms with Crippen LogP contribution in [0.25, 0.3) is 26.9 Å². The number of amides is 1. The molecule has 1 N–H and O–H groups in total. The average molecular weight is 540 g/mol. The fraction of sp³-hybridized carbons (Fsp3) is 0.243. The molecule has 4 heteroatoms. The largest absolute Gasteiger partial charge is 0.346 e. The zero-order valence-corrected chi connectivity index (χ0v) is 24.7. The van der Waals surface area contributed by atoms with Crippen molar-refractivity contribution in [1.82, 2.24) is 9.88 Å². The Kier molecular flexibility index (Phi) is 7.56. The molecule has 1 aromatic heterocycles. The summed E-state index contributed by atoms with van der Waals surface area (Å²) in [5, 5.41) is 4.30. The maximum absolute atomic E-state index is 13.3. The van der Waals surface area contributed by atoms with Crippen molar-refractivity contribution in [2.24, 2.45) is 0 Å². The summed E-state index contributed by atoms with van der Waals surface area (Å²) in [6.45, 7) is 21.1. The number of rotatable bonds is 6. The van der Waals surface area contributed by atoms with Crippen molar-refractivity contribution in [3.63, 3.8) is 0 Å². The van der Waals surface area contributed by atoms with Crippen LogP contribution in [0.3, 0.4) is 0 Å². The Balaban J connectivity index is 1.37. The van der Waals surface area contributed by atoms with Crippen molar-refractivity contribution in [2.45, 2.75) is 59.5 Å². The van der Waals surface area contributed by atoms with Crippen molar-refractivity contribution >= 4 is 22.5 Å². The molecular weight excluding hydrogens is 502 g/mol. The van der Waals surface area contributed by atoms with Gasteiger partial charge in [0, 0.05) is 28.7 Å². The van der Waals surface area contributed by atoms with Gasteiger partial charge in [0.15, 0.2) is 5.69 Å². The number of hydrogen-bond donors (Lipinski definition) is 1. The molecule has 1 heterocycles. The maximum atomic E-state index is 13.3. The van der Waals surface area contributed by atoms with Crippen molar-refractivity contribution < 1.29 is 4.79 Å². The number of nitrogens with one attached hydrogen (secondary N) is 1. The summed E-state index contributed by atoms with van der Waals surface area (Å²) in [6, 6.07) is 30.6. The first-order valence-corrected chi connectivity index (χ1v) is 14.1. The van der Waals surface area contributed by atoms with Gasteiger partial charge in [-0.2, -0.15) is 0 Å². The van der Waals surface area contributed by atoms with Crippen LogP contribution >= 0.6 is 0 Å². The van der Waals surface area contributed by atoms with Crippen LogP contribution in [0.2, 0.25) is 0 Å². The minimum Gasteiger partial charge on any atom is -0.346 e. The molecule has 0 spiro atoms. The van der Waals surface area contributed by atoms with E-state index in [9.17, 15) is 4.79 Å². The molecule has 1 atom stereocenters. The molecule has 0 aliphatic heterocycles. The van der Waals surface area contributed by atoms with E-state index in [1.54, 1.807) is 0 Å². The molecule has 4 nitrogen and oxygen atoms in total. The van der Waals surface area contributed by atoms with Crippen molar-refractivity contribution in [3.8, 4) is 11.1 Å². The van der Waals surface area contributed by atoms with E-state index < -0.39 is 0 Å². The van der Waals surface area contributed by atoms with Crippen LogP contribution in [0.4, 0.5) is 5.69 Å². The molecule has 0 aliphatic rings. The Labute approximate surface area is 243 Å². The monoisotopic (exact) mass is 539 g/mol. The molecule has 0 unspecified atom stereocenters. The normalized spacial score (nSPS) is 12.2. The Morgan fingerprint density at radius 2 is 1.66 bits per heavy atom. The Bertz CT molecular complexity index is 1780. The summed E-state index contributed by atoms with van der Waals surface area (Å²) in [7, 11) is 0. The van der Waals surface area contributed by atoms with E-state index >= 15 is 0 Å². The fourth-order valence-electron chi connectivity index (χ4n) is 5.42. The average Bonchev–Trinajstić information content (AvgIpc) is 3.21. The lowest BCUT2D eigenvalue weighted by atomic mass is 9.85. The van der Waals surface area contributed by atoms with Crippen molar-refractivity contribution in [3.05, 3.63) is 136 Å². The predicted octanol–water partition coefficient (Wildman–Crippen LogP) is 9.31. The first-order chi connectivity index (χ1) is 19.6. The molecule has 0 saturated carbocycles. The molecule has 4 aromatic carbocycles. The number of benzene rings is 4. The molecule has 0 aliphatic carbocycles. The number of nitrogens with zero attached hydrogens (tertiary/aromatic N) is 2. The van der Waals surface area contributed by atoms with Gasteiger partial charge in [-0.3, -0.25) is 4.79 Å². The lowest BCUT2D eigenvalue weighted by Gasteiger charge is -2.22. The molecule has 5 aromatic rings. The number of para-hydroxylation sites is 1. The van der Waals surface area contributed by atoms with Gasteiger partial charge in [-0.05, 0) is 77.8 Å². The standard InChI is InChI=1S/C37H37N3O/c1-24-26(3)40(23-27-15-17-28(18-16-27)32-13-8-9-14-34(32)38-7)35-20-19-30(22-33(24)35)36(41)39-25(2)29-11-10-12-31(21-29)37(4,5)6/h8-22,25H,23H2,1-6H3,(H,39,41)/t25-/m0/s1. The van der Waals surface area contributed by atoms with Crippen LogP contribution < -0.4 is 5.32 Å². The SMILES string of the molecule is [C-]#[N+]c1ccccc1-c1ccc(Cn2c(C)c(C)c3cc(C(=O)N[C@@H](C)c4cccc(C(C)(C)C)c4)ccc32)cc1. The zero-order valence-electron chi connectivity index (χ0n) is 24.7. The van der Waals surface area contributed by atoms with E-state index in [1.165, 1.54) is 22.4 Å². The molecule has 0 fully saturated rings. The predicted molar refractivity (Wildman–Crippen MR) is 170 cm³/mol. The Morgan fingerprint density at radius 3 is 2.37 bits per heavy atom. The smallest absolute Gasteiger partial charge is 0.251 e. The van der Waals surface area contributed by atoms with Gasteiger partial charge in [-0.15, -0.1) is 0 Å². The van der Waals surface area contributed by atoms with Crippen molar-refractivity contribution in [2.75, 3.05) is 0 Å². The van der Waals surface area contributed by atoms with Crippen LogP contribution in [0, 0.1) is 20.4 Å². The highest BCUT2D eigenvalue weighted by molar-refractivity contribution is 5.99. The topological polar surface area (TPSA) is 38.4 Å². The first-order valence-electron chi connectivity index (χ1n) is 14.1. The van der Waals surface area contributed by atoms with Gasteiger partial charge in [0.25, 0.3) is 5.91 Å². The van der Waals surface area contributed by atoms with Gasteiger partial charge in [0.2, 0.25) is 0 Å². The number of hydrogen-bond acceptors (Lipinski definition) is 1. The molecule has 1 amide bonds. The Morgan fingerprint density at radius 1 is 0.927 bits per heavy atom. The van der Waals surface area contributed by atoms with Crippen LogP contribution in [0.5, 0.6) is 0 Å². The van der Waals surface area contributed by atoms with E-state index in [-0.39, 0.29) is 17.4 Å². The number of aromatic nitrogens is 1. The molecular formula is C37H37N3O. The third-order valence-electron chi connectivity index (χ3n) is 8.13. The lowest BCUT2D eigenvalue weighted by Crippen LogP contribution is -2.27. The van der Waals surface area contributed by atoms with Gasteiger partial charge in [-0.1, -0.05) is 93.6 Å². The lowest BCUT2D eigenvalue weighted by molar-refractivity contribution is 0.0940. The molecule has 0 radical (unpaired) electrons. The second kappa shape index (κ2) is 11.1. The van der Waals surface area contributed by atoms with Gasteiger partial charge in [0.1, 0.15) is 0 Å². The number of aryl methyl sites for hydroxylation is 1. The molecule has 0 bridgehead atoms. The second-order valence-corrected chi connectivity index (χ2v) is 11.9. The minimum absolute atomic E-state index is 0.0548. The van der Waals surface area contributed by atoms with Crippen LogP contribution in [0.15, 0.2) is 91.0 Å². The highest BCUT2D eigenvalue weighted by atomic mass is 16.1. The Hall–Kier alpha value is -4.62. The van der Waals surface area contributed by atoms with Gasteiger partial charge < -0.3 is 9.88 Å². The summed E-state index contributed by atoms with van der Waals surface area (Å²) in [6.07, 6.45) is 0. The summed E-state index contributed by atoms with van der Waals surface area (Å²) in [4.78, 5) is 17.0. The highest BCUT2D eigenvalue weighted by Gasteiger charge is 2.18. The zero-order chi connectivity index (χ0) is 29.3. The van der Waals surface area contributed by atoms with E-state index in [0.29, 0.717) is 11.3 Å². The third kappa shape index (κ3) is 5.67. The fourth-order valence-corrected chi connectivity index (χ4v) is 5.42. The van der Waals surface area contributed by atoms with E-state index in [1.807, 2.05) is 43.3 Å². The van der Waals surface area contributed by atoms with Crippen LogP contribution in [-0.4, -0.2) is 10.5 Å². The van der Waals surface area contributed by atoms with E-state index in [4.69, 9.17) is 6.57 Å². The van der Waals surface area contributed by atoms with Crippen LogP contribution in [-0.2, 0) is 12.0 Å². The van der Waals surface area contributed by atoms with Crippen molar-refractivity contribution in [1.29, 1.82) is 0 Å². The van der Waals surface area contributed by atoms with Gasteiger partial charge >= 0.3 is 0 Å². The summed E-state index contributed by atoms with van der Waals surface area (Å²) in [5.74, 6) is -0.0688. The summed E-state index contributed by atoms with van der Waals surface area (Å²) < 4.78 is 2.31. The number of carbonyl (C=O) groups is 1. The second-order valence-electron chi connectivity index (χ2n) is 11.9. The first kappa shape index (κ1) is 27.9. The van der Waals surface area contributed by atoms with E-state index in [0.717, 1.165) is 34.1 Å². The maximum Gasteiger partial charge on any atom is 0.251 e. The summed E-state index contributed by atoms with van der Waals surface area (Å²) in [5.41, 5.74) is 10.4. The molecule has 0 saturated heterocycles. The van der Waals surface area contributed by atoms with Crippen LogP contribution in [0.1, 0.15) is 72.0 Å². The molecule has 5 rings (SSSR count). The minimum atomic E-state index is -0.0994. The third-order valence-corrected chi connectivity index (χ3v) is 8.13. The molecule has 206 valence electrons.